The van der Waals surface area contributed by atoms with Crippen molar-refractivity contribution in [2.45, 2.75) is 18.8 Å². The van der Waals surface area contributed by atoms with E-state index in [9.17, 15) is 9.59 Å². The van der Waals surface area contributed by atoms with Gasteiger partial charge in [-0.15, -0.1) is 0 Å². The average Bonchev–Trinajstić information content (AvgIpc) is 3.11. The number of likely N-dealkylation sites (N-methyl/N-ethyl adjacent to an activating group) is 1. The first kappa shape index (κ1) is 18.1. The number of nitrogens with zero attached hydrogens (tertiary/aromatic N) is 1. The Bertz CT molecular complexity index is 786. The normalized spacial score (nSPS) is 17.7. The molecule has 0 bridgehead atoms. The van der Waals surface area contributed by atoms with Crippen molar-refractivity contribution < 1.29 is 9.59 Å². The highest BCUT2D eigenvalue weighted by Crippen LogP contribution is 2.33. The number of hydrogen-bond donors (Lipinski definition) is 2. The van der Waals surface area contributed by atoms with Crippen molar-refractivity contribution in [2.24, 2.45) is 0 Å². The summed E-state index contributed by atoms with van der Waals surface area (Å²) in [4.78, 5) is 30.2. The lowest BCUT2D eigenvalue weighted by atomic mass is 9.81. The zero-order chi connectivity index (χ0) is 18.5. The van der Waals surface area contributed by atoms with E-state index in [1.54, 1.807) is 6.20 Å². The summed E-state index contributed by atoms with van der Waals surface area (Å²) in [7, 11) is 3.97. The summed E-state index contributed by atoms with van der Waals surface area (Å²) in [6.07, 6.45) is 4.26. The number of rotatable bonds is 6. The molecule has 2 N–H and O–H groups in total. The molecule has 1 aromatic heterocycles. The molecule has 136 valence electrons. The molecule has 0 atom stereocenters. The molecule has 0 aliphatic heterocycles. The minimum absolute atomic E-state index is 0.0531. The Morgan fingerprint density at radius 1 is 1.15 bits per heavy atom. The van der Waals surface area contributed by atoms with Crippen LogP contribution in [-0.4, -0.2) is 48.6 Å². The van der Waals surface area contributed by atoms with Crippen molar-refractivity contribution in [2.75, 3.05) is 27.2 Å². The van der Waals surface area contributed by atoms with Crippen molar-refractivity contribution in [3.05, 3.63) is 59.9 Å². The second-order valence-corrected chi connectivity index (χ2v) is 6.98. The van der Waals surface area contributed by atoms with Crippen LogP contribution in [0.15, 0.2) is 54.4 Å². The maximum atomic E-state index is 12.4. The molecule has 3 rings (SSSR count). The van der Waals surface area contributed by atoms with E-state index in [-0.39, 0.29) is 17.5 Å². The Morgan fingerprint density at radius 3 is 2.50 bits per heavy atom. The van der Waals surface area contributed by atoms with E-state index in [2.05, 4.69) is 10.3 Å². The fourth-order valence-electron chi connectivity index (χ4n) is 3.19. The van der Waals surface area contributed by atoms with Gasteiger partial charge in [0.2, 0.25) is 0 Å². The number of nitrogens with one attached hydrogen (secondary N) is 2. The molecule has 0 saturated heterocycles. The Labute approximate surface area is 154 Å². The number of H-pyrrole nitrogens is 1. The second kappa shape index (κ2) is 8.15. The standard InChI is InChI=1S/C21H25N3O2/c1-24(2)9-8-22-14-18-20(25)11-16(12-21(18)26)17-10-19(23-13-17)15-6-4-3-5-7-15/h3-7,10,13-14,16,22-23H,8-9,11-12H2,1-2H3. The molecule has 5 nitrogen and oxygen atoms in total. The molecule has 0 spiro atoms. The maximum absolute atomic E-state index is 12.4. The van der Waals surface area contributed by atoms with E-state index in [4.69, 9.17) is 0 Å². The number of carbonyl (C=O) groups is 2. The molecule has 26 heavy (non-hydrogen) atoms. The number of aromatic nitrogens is 1. The summed E-state index contributed by atoms with van der Waals surface area (Å²) in [5.41, 5.74) is 3.43. The largest absolute Gasteiger partial charge is 0.389 e. The fourth-order valence-corrected chi connectivity index (χ4v) is 3.19. The highest BCUT2D eigenvalue weighted by atomic mass is 16.1. The van der Waals surface area contributed by atoms with Crippen LogP contribution in [0.25, 0.3) is 11.3 Å². The van der Waals surface area contributed by atoms with E-state index in [0.717, 1.165) is 23.4 Å². The summed E-state index contributed by atoms with van der Waals surface area (Å²) < 4.78 is 0. The van der Waals surface area contributed by atoms with Crippen LogP contribution in [0.5, 0.6) is 0 Å². The van der Waals surface area contributed by atoms with Crippen molar-refractivity contribution >= 4 is 11.6 Å². The molecule has 0 unspecified atom stereocenters. The van der Waals surface area contributed by atoms with Crippen molar-refractivity contribution in [1.82, 2.24) is 15.2 Å². The third-order valence-electron chi connectivity index (χ3n) is 4.68. The summed E-state index contributed by atoms with van der Waals surface area (Å²) in [6.45, 7) is 1.55. The predicted octanol–water partition coefficient (Wildman–Crippen LogP) is 2.73. The van der Waals surface area contributed by atoms with Gasteiger partial charge in [-0.1, -0.05) is 30.3 Å². The molecule has 1 heterocycles. The molecule has 1 aliphatic carbocycles. The van der Waals surface area contributed by atoms with Crippen LogP contribution in [0, 0.1) is 0 Å². The van der Waals surface area contributed by atoms with Gasteiger partial charge in [-0.3, -0.25) is 9.59 Å². The van der Waals surface area contributed by atoms with Gasteiger partial charge in [0.05, 0.1) is 5.57 Å². The average molecular weight is 351 g/mol. The van der Waals surface area contributed by atoms with E-state index in [1.165, 1.54) is 0 Å². The Morgan fingerprint density at radius 2 is 1.85 bits per heavy atom. The van der Waals surface area contributed by atoms with Gasteiger partial charge >= 0.3 is 0 Å². The second-order valence-electron chi connectivity index (χ2n) is 6.98. The zero-order valence-electron chi connectivity index (χ0n) is 15.3. The molecule has 2 aromatic rings. The molecular weight excluding hydrogens is 326 g/mol. The highest BCUT2D eigenvalue weighted by Gasteiger charge is 2.31. The van der Waals surface area contributed by atoms with Crippen molar-refractivity contribution in [1.29, 1.82) is 0 Å². The van der Waals surface area contributed by atoms with Crippen LogP contribution in [-0.2, 0) is 9.59 Å². The van der Waals surface area contributed by atoms with Crippen LogP contribution in [0.3, 0.4) is 0 Å². The minimum Gasteiger partial charge on any atom is -0.389 e. The van der Waals surface area contributed by atoms with Gasteiger partial charge < -0.3 is 15.2 Å². The third kappa shape index (κ3) is 4.29. The van der Waals surface area contributed by atoms with Crippen LogP contribution in [0.1, 0.15) is 24.3 Å². The number of benzene rings is 1. The van der Waals surface area contributed by atoms with E-state index < -0.39 is 0 Å². The number of hydrogen-bond acceptors (Lipinski definition) is 4. The van der Waals surface area contributed by atoms with Crippen LogP contribution in [0.4, 0.5) is 0 Å². The highest BCUT2D eigenvalue weighted by molar-refractivity contribution is 6.22. The van der Waals surface area contributed by atoms with Gasteiger partial charge in [0, 0.05) is 44.0 Å². The maximum Gasteiger partial charge on any atom is 0.168 e. The van der Waals surface area contributed by atoms with Gasteiger partial charge in [0.1, 0.15) is 0 Å². The summed E-state index contributed by atoms with van der Waals surface area (Å²) in [5, 5.41) is 3.08. The number of allylic oxidation sites excluding steroid dienone is 1. The quantitative estimate of drug-likeness (QED) is 0.477. The van der Waals surface area contributed by atoms with Gasteiger partial charge in [-0.25, -0.2) is 0 Å². The first-order valence-corrected chi connectivity index (χ1v) is 8.93. The topological polar surface area (TPSA) is 65.2 Å². The Kier molecular flexibility index (Phi) is 5.68. The zero-order valence-corrected chi connectivity index (χ0v) is 15.3. The SMILES string of the molecule is CN(C)CCNC=C1C(=O)CC(c2c[nH]c(-c3ccccc3)c2)CC1=O. The first-order valence-electron chi connectivity index (χ1n) is 8.93. The minimum atomic E-state index is -0.0777. The first-order chi connectivity index (χ1) is 12.5. The lowest BCUT2D eigenvalue weighted by Gasteiger charge is -2.21. The van der Waals surface area contributed by atoms with E-state index in [0.29, 0.717) is 25.0 Å². The summed E-state index contributed by atoms with van der Waals surface area (Å²) in [5.74, 6) is -0.209. The predicted molar refractivity (Wildman–Crippen MR) is 103 cm³/mol. The van der Waals surface area contributed by atoms with Gasteiger partial charge in [-0.05, 0) is 37.2 Å². The van der Waals surface area contributed by atoms with Crippen molar-refractivity contribution in [3.8, 4) is 11.3 Å². The molecule has 1 aromatic carbocycles. The molecule has 0 amide bonds. The molecule has 1 saturated carbocycles. The van der Waals surface area contributed by atoms with Crippen LogP contribution in [0.2, 0.25) is 0 Å². The molecular formula is C21H25N3O2. The molecule has 1 aliphatic rings. The number of Topliss-reactive ketones (excluding diaryl/α,β-unsaturated/α-hetero) is 2. The Hall–Kier alpha value is -2.66. The number of ketones is 2. The number of carbonyl (C=O) groups excluding carboxylic acids is 2. The van der Waals surface area contributed by atoms with Gasteiger partial charge in [0.25, 0.3) is 0 Å². The number of aromatic amines is 1. The van der Waals surface area contributed by atoms with Crippen molar-refractivity contribution in [3.63, 3.8) is 0 Å². The molecule has 1 fully saturated rings. The van der Waals surface area contributed by atoms with Crippen LogP contribution >= 0.6 is 0 Å². The van der Waals surface area contributed by atoms with Crippen LogP contribution < -0.4 is 5.32 Å². The van der Waals surface area contributed by atoms with Gasteiger partial charge in [0.15, 0.2) is 11.6 Å². The lowest BCUT2D eigenvalue weighted by Crippen LogP contribution is -2.28. The molecule has 5 heteroatoms. The smallest absolute Gasteiger partial charge is 0.168 e. The Balaban J connectivity index is 1.66. The van der Waals surface area contributed by atoms with E-state index in [1.807, 2.05) is 61.6 Å². The third-order valence-corrected chi connectivity index (χ3v) is 4.68. The fraction of sp³-hybridized carbons (Fsp3) is 0.333. The van der Waals surface area contributed by atoms with Gasteiger partial charge in [-0.2, -0.15) is 0 Å². The molecule has 0 radical (unpaired) electrons. The summed E-state index contributed by atoms with van der Waals surface area (Å²) in [6, 6.07) is 12.1. The summed E-state index contributed by atoms with van der Waals surface area (Å²) >= 11 is 0. The lowest BCUT2D eigenvalue weighted by molar-refractivity contribution is -0.124. The monoisotopic (exact) mass is 351 g/mol. The van der Waals surface area contributed by atoms with E-state index >= 15 is 0 Å².